The van der Waals surface area contributed by atoms with E-state index in [1.54, 1.807) is 6.07 Å². The van der Waals surface area contributed by atoms with Gasteiger partial charge in [-0.2, -0.15) is 0 Å². The Balaban J connectivity index is 1.65. The van der Waals surface area contributed by atoms with Gasteiger partial charge in [-0.25, -0.2) is 9.18 Å². The number of carbonyl (C=O) groups is 2. The van der Waals surface area contributed by atoms with Crippen LogP contribution in [0.2, 0.25) is 0 Å². The van der Waals surface area contributed by atoms with E-state index >= 15 is 0 Å². The molecule has 3 rings (SSSR count). The summed E-state index contributed by atoms with van der Waals surface area (Å²) < 4.78 is 13.2. The highest BCUT2D eigenvalue weighted by atomic mass is 19.1. The van der Waals surface area contributed by atoms with E-state index in [1.165, 1.54) is 23.1 Å². The first-order valence-corrected chi connectivity index (χ1v) is 8.23. The molecule has 0 unspecified atom stereocenters. The van der Waals surface area contributed by atoms with Gasteiger partial charge in [0.25, 0.3) is 0 Å². The summed E-state index contributed by atoms with van der Waals surface area (Å²) in [5.41, 5.74) is 2.18. The number of nitrogens with zero attached hydrogens (tertiary/aromatic N) is 1. The predicted molar refractivity (Wildman–Crippen MR) is 95.0 cm³/mol. The van der Waals surface area contributed by atoms with Crippen molar-refractivity contribution in [2.45, 2.75) is 25.8 Å². The summed E-state index contributed by atoms with van der Waals surface area (Å²) >= 11 is 0. The summed E-state index contributed by atoms with van der Waals surface area (Å²) in [5.74, 6) is -0.722. The standard InChI is InChI=1S/C19H20FN3O2/c1-13-7-9-15(10-8-13)22-19(25)23-11-3-6-17(23)18(24)21-16-5-2-4-14(20)12-16/h2,4-5,7-10,12,17H,3,6,11H2,1H3,(H,21,24)(H,22,25)/t17-/m1/s1. The topological polar surface area (TPSA) is 61.4 Å². The fraction of sp³-hybridized carbons (Fsp3) is 0.263. The van der Waals surface area contributed by atoms with E-state index in [0.29, 0.717) is 24.3 Å². The van der Waals surface area contributed by atoms with Crippen LogP contribution in [0.3, 0.4) is 0 Å². The van der Waals surface area contributed by atoms with E-state index in [-0.39, 0.29) is 11.9 Å². The highest BCUT2D eigenvalue weighted by molar-refractivity contribution is 5.99. The number of halogens is 1. The van der Waals surface area contributed by atoms with Gasteiger partial charge in [-0.1, -0.05) is 23.8 Å². The van der Waals surface area contributed by atoms with Crippen molar-refractivity contribution < 1.29 is 14.0 Å². The van der Waals surface area contributed by atoms with Crippen molar-refractivity contribution >= 4 is 23.3 Å². The van der Waals surface area contributed by atoms with Gasteiger partial charge in [0.15, 0.2) is 0 Å². The highest BCUT2D eigenvalue weighted by Gasteiger charge is 2.34. The Morgan fingerprint density at radius 1 is 1.08 bits per heavy atom. The SMILES string of the molecule is Cc1ccc(NC(=O)N2CCC[C@@H]2C(=O)Nc2cccc(F)c2)cc1. The molecule has 1 fully saturated rings. The van der Waals surface area contributed by atoms with Crippen LogP contribution in [0.15, 0.2) is 48.5 Å². The molecule has 5 nitrogen and oxygen atoms in total. The fourth-order valence-corrected chi connectivity index (χ4v) is 2.91. The molecule has 0 bridgehead atoms. The summed E-state index contributed by atoms with van der Waals surface area (Å²) in [6.45, 7) is 2.48. The van der Waals surface area contributed by atoms with Crippen LogP contribution in [0, 0.1) is 12.7 Å². The van der Waals surface area contributed by atoms with Crippen molar-refractivity contribution in [1.82, 2.24) is 4.90 Å². The summed E-state index contributed by atoms with van der Waals surface area (Å²) in [6, 6.07) is 12.3. The molecule has 1 heterocycles. The molecular formula is C19H20FN3O2. The first-order valence-electron chi connectivity index (χ1n) is 8.23. The lowest BCUT2D eigenvalue weighted by molar-refractivity contribution is -0.119. The Hall–Kier alpha value is -2.89. The van der Waals surface area contributed by atoms with Gasteiger partial charge in [0.05, 0.1) is 0 Å². The molecule has 1 aliphatic heterocycles. The van der Waals surface area contributed by atoms with Crippen LogP contribution >= 0.6 is 0 Å². The second kappa shape index (κ2) is 7.34. The van der Waals surface area contributed by atoms with Crippen molar-refractivity contribution in [3.8, 4) is 0 Å². The van der Waals surface area contributed by atoms with Gasteiger partial charge in [0.2, 0.25) is 5.91 Å². The summed E-state index contributed by atoms with van der Waals surface area (Å²) in [4.78, 5) is 26.5. The molecule has 25 heavy (non-hydrogen) atoms. The normalized spacial score (nSPS) is 16.6. The number of anilines is 2. The Morgan fingerprint density at radius 2 is 1.84 bits per heavy atom. The number of carbonyl (C=O) groups excluding carboxylic acids is 2. The Kier molecular flexibility index (Phi) is 4.97. The molecule has 0 spiro atoms. The van der Waals surface area contributed by atoms with Crippen LogP contribution in [0.5, 0.6) is 0 Å². The van der Waals surface area contributed by atoms with E-state index < -0.39 is 11.9 Å². The van der Waals surface area contributed by atoms with Crippen LogP contribution in [0.1, 0.15) is 18.4 Å². The lowest BCUT2D eigenvalue weighted by atomic mass is 10.2. The van der Waals surface area contributed by atoms with E-state index in [4.69, 9.17) is 0 Å². The minimum atomic E-state index is -0.561. The van der Waals surface area contributed by atoms with Crippen LogP contribution < -0.4 is 10.6 Å². The van der Waals surface area contributed by atoms with Gasteiger partial charge in [-0.3, -0.25) is 4.79 Å². The molecule has 0 aliphatic carbocycles. The second-order valence-corrected chi connectivity index (χ2v) is 6.15. The monoisotopic (exact) mass is 341 g/mol. The van der Waals surface area contributed by atoms with Crippen molar-refractivity contribution in [2.75, 3.05) is 17.2 Å². The number of benzene rings is 2. The zero-order valence-electron chi connectivity index (χ0n) is 14.0. The van der Waals surface area contributed by atoms with Crippen LogP contribution in [-0.2, 0) is 4.79 Å². The predicted octanol–water partition coefficient (Wildman–Crippen LogP) is 3.77. The Morgan fingerprint density at radius 3 is 2.56 bits per heavy atom. The second-order valence-electron chi connectivity index (χ2n) is 6.15. The average molecular weight is 341 g/mol. The summed E-state index contributed by atoms with van der Waals surface area (Å²) in [6.07, 6.45) is 1.34. The van der Waals surface area contributed by atoms with Gasteiger partial charge in [0.1, 0.15) is 11.9 Å². The molecule has 1 atom stereocenters. The lowest BCUT2D eigenvalue weighted by Gasteiger charge is -2.24. The number of amides is 3. The Bertz CT molecular complexity index is 776. The van der Waals surface area contributed by atoms with Gasteiger partial charge in [-0.05, 0) is 50.1 Å². The van der Waals surface area contributed by atoms with Crippen LogP contribution in [-0.4, -0.2) is 29.4 Å². The van der Waals surface area contributed by atoms with Crippen molar-refractivity contribution in [3.63, 3.8) is 0 Å². The first kappa shape index (κ1) is 17.0. The maximum Gasteiger partial charge on any atom is 0.322 e. The van der Waals surface area contributed by atoms with Crippen molar-refractivity contribution in [2.24, 2.45) is 0 Å². The molecule has 0 saturated carbocycles. The number of hydrogen-bond acceptors (Lipinski definition) is 2. The number of urea groups is 1. The quantitative estimate of drug-likeness (QED) is 0.893. The molecule has 2 aromatic carbocycles. The van der Waals surface area contributed by atoms with Gasteiger partial charge < -0.3 is 15.5 Å². The third-order valence-corrected chi connectivity index (χ3v) is 4.21. The fourth-order valence-electron chi connectivity index (χ4n) is 2.91. The number of hydrogen-bond donors (Lipinski definition) is 2. The first-order chi connectivity index (χ1) is 12.0. The van der Waals surface area contributed by atoms with E-state index in [0.717, 1.165) is 12.0 Å². The van der Waals surface area contributed by atoms with Crippen LogP contribution in [0.25, 0.3) is 0 Å². The van der Waals surface area contributed by atoms with E-state index in [9.17, 15) is 14.0 Å². The van der Waals surface area contributed by atoms with Crippen molar-refractivity contribution in [1.29, 1.82) is 0 Å². The molecule has 6 heteroatoms. The highest BCUT2D eigenvalue weighted by Crippen LogP contribution is 2.21. The summed E-state index contributed by atoms with van der Waals surface area (Å²) in [5, 5.41) is 5.50. The number of aryl methyl sites for hydroxylation is 1. The Labute approximate surface area is 145 Å². The van der Waals surface area contributed by atoms with Crippen LogP contribution in [0.4, 0.5) is 20.6 Å². The maximum absolute atomic E-state index is 13.2. The largest absolute Gasteiger partial charge is 0.324 e. The third kappa shape index (κ3) is 4.15. The molecule has 0 radical (unpaired) electrons. The maximum atomic E-state index is 13.2. The molecule has 3 amide bonds. The van der Waals surface area contributed by atoms with Gasteiger partial charge in [0, 0.05) is 17.9 Å². The van der Waals surface area contributed by atoms with Gasteiger partial charge >= 0.3 is 6.03 Å². The number of nitrogens with one attached hydrogen (secondary N) is 2. The third-order valence-electron chi connectivity index (χ3n) is 4.21. The molecule has 0 aromatic heterocycles. The molecular weight excluding hydrogens is 321 g/mol. The molecule has 130 valence electrons. The number of rotatable bonds is 3. The molecule has 2 N–H and O–H groups in total. The zero-order chi connectivity index (χ0) is 17.8. The molecule has 1 aliphatic rings. The summed E-state index contributed by atoms with van der Waals surface area (Å²) in [7, 11) is 0. The average Bonchev–Trinajstić information content (AvgIpc) is 3.07. The van der Waals surface area contributed by atoms with E-state index in [2.05, 4.69) is 10.6 Å². The van der Waals surface area contributed by atoms with Gasteiger partial charge in [-0.15, -0.1) is 0 Å². The smallest absolute Gasteiger partial charge is 0.322 e. The van der Waals surface area contributed by atoms with Crippen molar-refractivity contribution in [3.05, 3.63) is 59.9 Å². The lowest BCUT2D eigenvalue weighted by Crippen LogP contribution is -2.45. The number of likely N-dealkylation sites (tertiary alicyclic amines) is 1. The minimum Gasteiger partial charge on any atom is -0.324 e. The zero-order valence-corrected chi connectivity index (χ0v) is 14.0. The molecule has 2 aromatic rings. The molecule has 1 saturated heterocycles. The minimum absolute atomic E-state index is 0.304. The van der Waals surface area contributed by atoms with E-state index in [1.807, 2.05) is 31.2 Å².